The molecule has 7 heteroatoms. The van der Waals surface area contributed by atoms with E-state index in [0.29, 0.717) is 25.1 Å². The first-order chi connectivity index (χ1) is 12.1. The van der Waals surface area contributed by atoms with Crippen LogP contribution in [0.15, 0.2) is 36.5 Å². The van der Waals surface area contributed by atoms with E-state index in [9.17, 15) is 14.0 Å². The molecule has 2 aromatic rings. The SMILES string of the molecule is CC[C@@H](C(=O)NCc1ccn(-c2ccc(F)cc2)n1)N1CCCC1=O. The van der Waals surface area contributed by atoms with Gasteiger partial charge < -0.3 is 10.2 Å². The lowest BCUT2D eigenvalue weighted by atomic mass is 10.2. The van der Waals surface area contributed by atoms with Crippen LogP contribution in [0.5, 0.6) is 0 Å². The van der Waals surface area contributed by atoms with Crippen molar-refractivity contribution in [1.82, 2.24) is 20.0 Å². The first-order valence-corrected chi connectivity index (χ1v) is 8.46. The zero-order valence-electron chi connectivity index (χ0n) is 14.1. The van der Waals surface area contributed by atoms with E-state index in [1.807, 2.05) is 6.92 Å². The van der Waals surface area contributed by atoms with Gasteiger partial charge in [-0.3, -0.25) is 9.59 Å². The number of rotatable bonds is 6. The van der Waals surface area contributed by atoms with Crippen LogP contribution in [0.25, 0.3) is 5.69 Å². The molecule has 0 bridgehead atoms. The summed E-state index contributed by atoms with van der Waals surface area (Å²) < 4.78 is 14.6. The third kappa shape index (κ3) is 3.87. The number of hydrogen-bond acceptors (Lipinski definition) is 3. The van der Waals surface area contributed by atoms with E-state index in [2.05, 4.69) is 10.4 Å². The van der Waals surface area contributed by atoms with Gasteiger partial charge in [0.25, 0.3) is 0 Å². The third-order valence-corrected chi connectivity index (χ3v) is 4.35. The van der Waals surface area contributed by atoms with E-state index < -0.39 is 6.04 Å². The molecule has 25 heavy (non-hydrogen) atoms. The van der Waals surface area contributed by atoms with Crippen LogP contribution >= 0.6 is 0 Å². The second-order valence-corrected chi connectivity index (χ2v) is 6.06. The fourth-order valence-corrected chi connectivity index (χ4v) is 3.03. The number of benzene rings is 1. The largest absolute Gasteiger partial charge is 0.349 e. The molecular weight excluding hydrogens is 323 g/mol. The Balaban J connectivity index is 1.60. The minimum absolute atomic E-state index is 0.0441. The Bertz CT molecular complexity index is 757. The van der Waals surface area contributed by atoms with Crippen molar-refractivity contribution in [2.75, 3.05) is 6.54 Å². The van der Waals surface area contributed by atoms with Gasteiger partial charge in [-0.15, -0.1) is 0 Å². The summed E-state index contributed by atoms with van der Waals surface area (Å²) in [7, 11) is 0. The van der Waals surface area contributed by atoms with Gasteiger partial charge >= 0.3 is 0 Å². The summed E-state index contributed by atoms with van der Waals surface area (Å²) in [6, 6.07) is 7.39. The zero-order valence-corrected chi connectivity index (χ0v) is 14.1. The van der Waals surface area contributed by atoms with E-state index in [1.165, 1.54) is 12.1 Å². The molecule has 0 radical (unpaired) electrons. The van der Waals surface area contributed by atoms with Crippen LogP contribution in [-0.4, -0.2) is 39.1 Å². The fourth-order valence-electron chi connectivity index (χ4n) is 3.03. The van der Waals surface area contributed by atoms with Crippen molar-refractivity contribution in [1.29, 1.82) is 0 Å². The Labute approximate surface area is 145 Å². The summed E-state index contributed by atoms with van der Waals surface area (Å²) in [6.45, 7) is 2.83. The molecule has 132 valence electrons. The van der Waals surface area contributed by atoms with Crippen molar-refractivity contribution >= 4 is 11.8 Å². The Morgan fingerprint density at radius 3 is 2.72 bits per heavy atom. The Kier molecular flexibility index (Phi) is 5.11. The Morgan fingerprint density at radius 2 is 2.08 bits per heavy atom. The molecule has 1 aliphatic rings. The van der Waals surface area contributed by atoms with E-state index in [-0.39, 0.29) is 24.2 Å². The number of amides is 2. The van der Waals surface area contributed by atoms with Gasteiger partial charge in [0.05, 0.1) is 17.9 Å². The molecule has 6 nitrogen and oxygen atoms in total. The number of likely N-dealkylation sites (tertiary alicyclic amines) is 1. The lowest BCUT2D eigenvalue weighted by molar-refractivity contribution is -0.137. The molecule has 0 aliphatic carbocycles. The summed E-state index contributed by atoms with van der Waals surface area (Å²) in [6.07, 6.45) is 3.67. The standard InChI is InChI=1S/C18H21FN4O2/c1-2-16(22-10-3-4-17(22)24)18(25)20-12-14-9-11-23(21-14)15-7-5-13(19)6-8-15/h5-9,11,16H,2-4,10,12H2,1H3,(H,20,25)/t16-/m0/s1. The summed E-state index contributed by atoms with van der Waals surface area (Å²) in [5.74, 6) is -0.415. The van der Waals surface area contributed by atoms with E-state index in [1.54, 1.807) is 34.0 Å². The predicted molar refractivity (Wildman–Crippen MR) is 90.4 cm³/mol. The van der Waals surface area contributed by atoms with Gasteiger partial charge in [0, 0.05) is 19.2 Å². The molecule has 1 saturated heterocycles. The van der Waals surface area contributed by atoms with Gasteiger partial charge in [0.2, 0.25) is 11.8 Å². The van der Waals surface area contributed by atoms with Gasteiger partial charge in [-0.1, -0.05) is 6.92 Å². The van der Waals surface area contributed by atoms with Gasteiger partial charge in [-0.05, 0) is 43.2 Å². The first-order valence-electron chi connectivity index (χ1n) is 8.46. The maximum Gasteiger partial charge on any atom is 0.243 e. The minimum atomic E-state index is -0.422. The van der Waals surface area contributed by atoms with E-state index >= 15 is 0 Å². The Hall–Kier alpha value is -2.70. The Morgan fingerprint density at radius 1 is 1.32 bits per heavy atom. The number of carbonyl (C=O) groups is 2. The van der Waals surface area contributed by atoms with Crippen LogP contribution in [0.4, 0.5) is 4.39 Å². The number of carbonyl (C=O) groups excluding carboxylic acids is 2. The number of hydrogen-bond donors (Lipinski definition) is 1. The third-order valence-electron chi connectivity index (χ3n) is 4.35. The quantitative estimate of drug-likeness (QED) is 0.872. The second kappa shape index (κ2) is 7.46. The molecular formula is C18H21FN4O2. The monoisotopic (exact) mass is 344 g/mol. The first kappa shape index (κ1) is 17.1. The van der Waals surface area contributed by atoms with Gasteiger partial charge in [0.15, 0.2) is 0 Å². The summed E-state index contributed by atoms with van der Waals surface area (Å²) >= 11 is 0. The number of aromatic nitrogens is 2. The van der Waals surface area contributed by atoms with Crippen molar-refractivity contribution in [3.63, 3.8) is 0 Å². The van der Waals surface area contributed by atoms with Crippen LogP contribution in [-0.2, 0) is 16.1 Å². The highest BCUT2D eigenvalue weighted by atomic mass is 19.1. The van der Waals surface area contributed by atoms with Gasteiger partial charge in [0.1, 0.15) is 11.9 Å². The average Bonchev–Trinajstić information content (AvgIpc) is 3.24. The van der Waals surface area contributed by atoms with E-state index in [0.717, 1.165) is 12.1 Å². The molecule has 1 aromatic carbocycles. The topological polar surface area (TPSA) is 67.2 Å². The fraction of sp³-hybridized carbons (Fsp3) is 0.389. The van der Waals surface area contributed by atoms with Crippen LogP contribution in [0.2, 0.25) is 0 Å². The van der Waals surface area contributed by atoms with Gasteiger partial charge in [-0.25, -0.2) is 9.07 Å². The molecule has 1 aromatic heterocycles. The van der Waals surface area contributed by atoms with Gasteiger partial charge in [-0.2, -0.15) is 5.10 Å². The van der Waals surface area contributed by atoms with Crippen LogP contribution in [0.3, 0.4) is 0 Å². The molecule has 1 fully saturated rings. The maximum absolute atomic E-state index is 13.0. The molecule has 0 spiro atoms. The molecule has 1 atom stereocenters. The van der Waals surface area contributed by atoms with Crippen molar-refractivity contribution in [3.8, 4) is 5.69 Å². The van der Waals surface area contributed by atoms with Crippen molar-refractivity contribution in [3.05, 3.63) is 48.0 Å². The minimum Gasteiger partial charge on any atom is -0.349 e. The molecule has 1 aliphatic heterocycles. The van der Waals surface area contributed by atoms with E-state index in [4.69, 9.17) is 0 Å². The van der Waals surface area contributed by atoms with Crippen molar-refractivity contribution < 1.29 is 14.0 Å². The molecule has 1 N–H and O–H groups in total. The molecule has 0 saturated carbocycles. The lowest BCUT2D eigenvalue weighted by Crippen LogP contribution is -2.47. The highest BCUT2D eigenvalue weighted by Gasteiger charge is 2.31. The van der Waals surface area contributed by atoms with Crippen molar-refractivity contribution in [2.45, 2.75) is 38.8 Å². The second-order valence-electron chi connectivity index (χ2n) is 6.06. The molecule has 2 amide bonds. The summed E-state index contributed by atoms with van der Waals surface area (Å²) in [5.41, 5.74) is 1.44. The molecule has 0 unspecified atom stereocenters. The van der Waals surface area contributed by atoms with Crippen molar-refractivity contribution in [2.24, 2.45) is 0 Å². The maximum atomic E-state index is 13.0. The number of halogens is 1. The lowest BCUT2D eigenvalue weighted by Gasteiger charge is -2.25. The van der Waals surface area contributed by atoms with Crippen LogP contribution in [0.1, 0.15) is 31.9 Å². The predicted octanol–water partition coefficient (Wildman–Crippen LogP) is 2.03. The number of nitrogens with zero attached hydrogens (tertiary/aromatic N) is 3. The normalized spacial score (nSPS) is 15.4. The molecule has 3 rings (SSSR count). The van der Waals surface area contributed by atoms with Crippen LogP contribution < -0.4 is 5.32 Å². The van der Waals surface area contributed by atoms with Crippen LogP contribution in [0, 0.1) is 5.82 Å². The highest BCUT2D eigenvalue weighted by molar-refractivity contribution is 5.88. The zero-order chi connectivity index (χ0) is 17.8. The average molecular weight is 344 g/mol. The summed E-state index contributed by atoms with van der Waals surface area (Å²) in [4.78, 5) is 25.9. The highest BCUT2D eigenvalue weighted by Crippen LogP contribution is 2.16. The molecule has 2 heterocycles. The smallest absolute Gasteiger partial charge is 0.243 e. The summed E-state index contributed by atoms with van der Waals surface area (Å²) in [5, 5.41) is 7.23. The number of nitrogens with one attached hydrogen (secondary N) is 1.